The first-order valence-corrected chi connectivity index (χ1v) is 4.46. The number of hydrogen-bond acceptors (Lipinski definition) is 0. The summed E-state index contributed by atoms with van der Waals surface area (Å²) in [4.78, 5) is 0. The van der Waals surface area contributed by atoms with Crippen molar-refractivity contribution >= 4 is 0 Å². The van der Waals surface area contributed by atoms with Gasteiger partial charge >= 0.3 is 0 Å². The molecule has 0 nitrogen and oxygen atoms in total. The largest absolute Gasteiger partial charge is 0.0955 e. The van der Waals surface area contributed by atoms with Crippen LogP contribution in [0.4, 0.5) is 0 Å². The molecule has 0 aromatic carbocycles. The number of hydrogen-bond donors (Lipinski definition) is 0. The minimum Gasteiger partial charge on any atom is -0.0955 e. The molecule has 0 amide bonds. The highest BCUT2D eigenvalue weighted by Gasteiger charge is 1.97. The van der Waals surface area contributed by atoms with Crippen molar-refractivity contribution in [2.24, 2.45) is 0 Å². The normalized spacial score (nSPS) is 16.5. The van der Waals surface area contributed by atoms with E-state index in [9.17, 15) is 0 Å². The van der Waals surface area contributed by atoms with Gasteiger partial charge in [-0.15, -0.1) is 0 Å². The average molecular weight is 160 g/mol. The lowest BCUT2D eigenvalue weighted by Crippen LogP contribution is -1.75. The van der Waals surface area contributed by atoms with Gasteiger partial charge in [-0.1, -0.05) is 49.0 Å². The molecule has 0 fully saturated rings. The first-order chi connectivity index (χ1) is 5.74. The predicted molar refractivity (Wildman–Crippen MR) is 55.0 cm³/mol. The van der Waals surface area contributed by atoms with Gasteiger partial charge in [0, 0.05) is 0 Å². The van der Waals surface area contributed by atoms with Gasteiger partial charge < -0.3 is 0 Å². The second kappa shape index (κ2) is 4.10. The van der Waals surface area contributed by atoms with E-state index in [-0.39, 0.29) is 0 Å². The first-order valence-electron chi connectivity index (χ1n) is 4.46. The van der Waals surface area contributed by atoms with Gasteiger partial charge in [-0.25, -0.2) is 0 Å². The van der Waals surface area contributed by atoms with E-state index in [1.54, 1.807) is 0 Å². The zero-order chi connectivity index (χ0) is 8.97. The second-order valence-electron chi connectivity index (χ2n) is 3.19. The van der Waals surface area contributed by atoms with Crippen molar-refractivity contribution in [3.8, 4) is 0 Å². The smallest absolute Gasteiger partial charge is 0.0132 e. The molecule has 0 heteroatoms. The molecular formula is C12H16. The Morgan fingerprint density at radius 3 is 2.83 bits per heavy atom. The summed E-state index contributed by atoms with van der Waals surface area (Å²) >= 11 is 0. The van der Waals surface area contributed by atoms with Gasteiger partial charge in [-0.2, -0.15) is 0 Å². The quantitative estimate of drug-likeness (QED) is 0.576. The lowest BCUT2D eigenvalue weighted by molar-refractivity contribution is 1.03. The van der Waals surface area contributed by atoms with Crippen molar-refractivity contribution in [1.29, 1.82) is 0 Å². The van der Waals surface area contributed by atoms with Crippen LogP contribution in [0.15, 0.2) is 47.6 Å². The third kappa shape index (κ3) is 2.23. The minimum absolute atomic E-state index is 1.09. The van der Waals surface area contributed by atoms with Crippen molar-refractivity contribution in [1.82, 2.24) is 0 Å². The fourth-order valence-electron chi connectivity index (χ4n) is 1.22. The summed E-state index contributed by atoms with van der Waals surface area (Å²) in [5.74, 6) is 0. The van der Waals surface area contributed by atoms with Crippen molar-refractivity contribution in [2.45, 2.75) is 26.7 Å². The molecule has 1 aliphatic carbocycles. The molecule has 0 bridgehead atoms. The maximum absolute atomic E-state index is 3.92. The Balaban J connectivity index is 2.85. The van der Waals surface area contributed by atoms with E-state index in [0.717, 1.165) is 18.4 Å². The van der Waals surface area contributed by atoms with E-state index < -0.39 is 0 Å². The molecule has 12 heavy (non-hydrogen) atoms. The fourth-order valence-corrected chi connectivity index (χ4v) is 1.22. The van der Waals surface area contributed by atoms with Crippen molar-refractivity contribution in [2.75, 3.05) is 0 Å². The summed E-state index contributed by atoms with van der Waals surface area (Å²) in [6.45, 7) is 8.16. The lowest BCUT2D eigenvalue weighted by Gasteiger charge is -1.95. The van der Waals surface area contributed by atoms with Gasteiger partial charge in [-0.3, -0.25) is 0 Å². The molecule has 0 aliphatic heterocycles. The Morgan fingerprint density at radius 2 is 2.25 bits per heavy atom. The maximum Gasteiger partial charge on any atom is -0.0132 e. The highest BCUT2D eigenvalue weighted by Crippen LogP contribution is 2.17. The van der Waals surface area contributed by atoms with E-state index in [1.165, 1.54) is 11.1 Å². The summed E-state index contributed by atoms with van der Waals surface area (Å²) in [5.41, 5.74) is 3.88. The lowest BCUT2D eigenvalue weighted by atomic mass is 10.1. The minimum atomic E-state index is 1.09. The van der Waals surface area contributed by atoms with Gasteiger partial charge in [0.15, 0.2) is 0 Å². The van der Waals surface area contributed by atoms with Crippen LogP contribution in [0.25, 0.3) is 0 Å². The van der Waals surface area contributed by atoms with Crippen LogP contribution < -0.4 is 0 Å². The number of allylic oxidation sites excluding steroid dienone is 7. The van der Waals surface area contributed by atoms with Crippen molar-refractivity contribution in [3.63, 3.8) is 0 Å². The standard InChI is InChI=1S/C12H16/c1-4-11-6-5-7-12(9-8-11)10(2)3/h5,7-9H,2,4,6H2,1,3H3. The van der Waals surface area contributed by atoms with E-state index in [1.807, 2.05) is 6.92 Å². The first kappa shape index (κ1) is 9.05. The molecule has 0 unspecified atom stereocenters. The molecule has 0 N–H and O–H groups in total. The number of rotatable bonds is 2. The molecule has 0 spiro atoms. The van der Waals surface area contributed by atoms with Crippen LogP contribution in [0.3, 0.4) is 0 Å². The topological polar surface area (TPSA) is 0 Å². The molecule has 0 aromatic rings. The van der Waals surface area contributed by atoms with Crippen LogP contribution in [-0.4, -0.2) is 0 Å². The van der Waals surface area contributed by atoms with Crippen LogP contribution in [0, 0.1) is 0 Å². The van der Waals surface area contributed by atoms with Gasteiger partial charge in [0.1, 0.15) is 0 Å². The summed E-state index contributed by atoms with van der Waals surface area (Å²) in [6.07, 6.45) is 11.0. The molecule has 0 saturated carbocycles. The highest BCUT2D eigenvalue weighted by atomic mass is 14.0. The summed E-state index contributed by atoms with van der Waals surface area (Å²) in [5, 5.41) is 0. The van der Waals surface area contributed by atoms with Crippen LogP contribution in [0.1, 0.15) is 26.7 Å². The highest BCUT2D eigenvalue weighted by molar-refractivity contribution is 5.42. The molecule has 0 atom stereocenters. The molecule has 0 radical (unpaired) electrons. The van der Waals surface area contributed by atoms with Crippen LogP contribution in [0.2, 0.25) is 0 Å². The summed E-state index contributed by atoms with van der Waals surface area (Å²) in [7, 11) is 0. The Kier molecular flexibility index (Phi) is 3.09. The Labute approximate surface area is 75.0 Å². The Hall–Kier alpha value is -1.04. The van der Waals surface area contributed by atoms with Crippen molar-refractivity contribution < 1.29 is 0 Å². The van der Waals surface area contributed by atoms with Gasteiger partial charge in [0.25, 0.3) is 0 Å². The third-order valence-electron chi connectivity index (χ3n) is 2.12. The zero-order valence-corrected chi connectivity index (χ0v) is 7.93. The van der Waals surface area contributed by atoms with Crippen LogP contribution >= 0.6 is 0 Å². The summed E-state index contributed by atoms with van der Waals surface area (Å²) in [6, 6.07) is 0. The van der Waals surface area contributed by atoms with E-state index >= 15 is 0 Å². The van der Waals surface area contributed by atoms with Gasteiger partial charge in [0.2, 0.25) is 0 Å². The zero-order valence-electron chi connectivity index (χ0n) is 7.93. The Bertz CT molecular complexity index is 262. The Morgan fingerprint density at radius 1 is 1.50 bits per heavy atom. The van der Waals surface area contributed by atoms with E-state index in [2.05, 4.69) is 37.8 Å². The summed E-state index contributed by atoms with van der Waals surface area (Å²) < 4.78 is 0. The van der Waals surface area contributed by atoms with E-state index in [0.29, 0.717) is 0 Å². The molecule has 1 rings (SSSR count). The van der Waals surface area contributed by atoms with E-state index in [4.69, 9.17) is 0 Å². The molecule has 64 valence electrons. The monoisotopic (exact) mass is 160 g/mol. The SMILES string of the molecule is C=C(C)C1=CC=C(CC)CC=C1. The molecule has 0 saturated heterocycles. The van der Waals surface area contributed by atoms with Crippen molar-refractivity contribution in [3.05, 3.63) is 47.6 Å². The van der Waals surface area contributed by atoms with Gasteiger partial charge in [0.05, 0.1) is 0 Å². The second-order valence-corrected chi connectivity index (χ2v) is 3.19. The molecule has 1 aliphatic rings. The fraction of sp³-hybridized carbons (Fsp3) is 0.333. The third-order valence-corrected chi connectivity index (χ3v) is 2.12. The average Bonchev–Trinajstić information content (AvgIpc) is 2.28. The molecule has 0 heterocycles. The predicted octanol–water partition coefficient (Wildman–Crippen LogP) is 3.79. The molecular weight excluding hydrogens is 144 g/mol. The molecule has 0 aromatic heterocycles. The van der Waals surface area contributed by atoms with Gasteiger partial charge in [-0.05, 0) is 25.3 Å². The van der Waals surface area contributed by atoms with Crippen LogP contribution in [-0.2, 0) is 0 Å². The van der Waals surface area contributed by atoms with Crippen LogP contribution in [0.5, 0.6) is 0 Å². The maximum atomic E-state index is 3.92.